The minimum atomic E-state index is -3.01. The van der Waals surface area contributed by atoms with Crippen LogP contribution >= 0.6 is 12.4 Å². The Bertz CT molecular complexity index is 66.7. The van der Waals surface area contributed by atoms with Crippen molar-refractivity contribution < 1.29 is 13.6 Å². The quantitative estimate of drug-likeness (QED) is 0.541. The first-order valence-corrected chi connectivity index (χ1v) is 1.22. The summed E-state index contributed by atoms with van der Waals surface area (Å²) in [7, 11) is 0. The number of nitrogens with two attached hydrogens (primary N) is 1. The Morgan fingerprint density at radius 3 is 1.71 bits per heavy atom. The van der Waals surface area contributed by atoms with Crippen LogP contribution in [0.2, 0.25) is 0 Å². The molecule has 0 unspecified atom stereocenters. The van der Waals surface area contributed by atoms with Gasteiger partial charge < -0.3 is 5.73 Å². The molecule has 0 radical (unpaired) electrons. The highest BCUT2D eigenvalue weighted by Crippen LogP contribution is 1.85. The van der Waals surface area contributed by atoms with Gasteiger partial charge in [0.1, 0.15) is 0 Å². The smallest absolute Gasteiger partial charge is 0.315 e. The number of primary amides is 1. The van der Waals surface area contributed by atoms with E-state index in [0.717, 1.165) is 0 Å². The zero-order valence-electron chi connectivity index (χ0n) is 3.23. The van der Waals surface area contributed by atoms with Gasteiger partial charge in [-0.05, 0) is 0 Å². The molecule has 1 amide bonds. The van der Waals surface area contributed by atoms with Gasteiger partial charge in [-0.3, -0.25) is 4.79 Å². The molecule has 7 heavy (non-hydrogen) atoms. The number of alkyl halides is 2. The lowest BCUT2D eigenvalue weighted by atomic mass is 10.7. The van der Waals surface area contributed by atoms with Crippen molar-refractivity contribution in [2.75, 3.05) is 0 Å². The standard InChI is InChI=1S/C2H3F2NO.ClH/c3-1(4)2(5)6;/h1H,(H2,5,6);1H. The van der Waals surface area contributed by atoms with E-state index in [1.54, 1.807) is 0 Å². The molecule has 2 nitrogen and oxygen atoms in total. The molecule has 0 aliphatic heterocycles. The van der Waals surface area contributed by atoms with Crippen LogP contribution in [-0.4, -0.2) is 12.3 Å². The molecular formula is C2H4ClF2NO. The minimum Gasteiger partial charge on any atom is -0.365 e. The summed E-state index contributed by atoms with van der Waals surface area (Å²) in [6.07, 6.45) is -3.01. The van der Waals surface area contributed by atoms with Crippen LogP contribution in [-0.2, 0) is 4.79 Å². The summed E-state index contributed by atoms with van der Waals surface area (Å²) in [4.78, 5) is 9.17. The lowest BCUT2D eigenvalue weighted by Crippen LogP contribution is -2.19. The maximum atomic E-state index is 10.7. The molecule has 0 fully saturated rings. The highest BCUT2D eigenvalue weighted by atomic mass is 35.5. The second kappa shape index (κ2) is 3.80. The summed E-state index contributed by atoms with van der Waals surface area (Å²) in [5, 5.41) is 0. The maximum Gasteiger partial charge on any atom is 0.315 e. The fourth-order valence-corrected chi connectivity index (χ4v) is 0. The molecule has 0 aromatic heterocycles. The van der Waals surface area contributed by atoms with Gasteiger partial charge in [0, 0.05) is 0 Å². The first-order chi connectivity index (χ1) is 2.64. The van der Waals surface area contributed by atoms with Crippen LogP contribution in [0.5, 0.6) is 0 Å². The van der Waals surface area contributed by atoms with Gasteiger partial charge in [0.25, 0.3) is 5.91 Å². The van der Waals surface area contributed by atoms with E-state index in [2.05, 4.69) is 5.73 Å². The zero-order valence-corrected chi connectivity index (χ0v) is 4.04. The number of carbonyl (C=O) groups is 1. The number of amides is 1. The summed E-state index contributed by atoms with van der Waals surface area (Å²) in [6.45, 7) is 0. The van der Waals surface area contributed by atoms with Crippen LogP contribution in [0, 0.1) is 0 Å². The normalized spacial score (nSPS) is 7.86. The molecular weight excluding hydrogens is 127 g/mol. The molecule has 0 atom stereocenters. The van der Waals surface area contributed by atoms with Gasteiger partial charge in [-0.2, -0.15) is 8.78 Å². The summed E-state index contributed by atoms with van der Waals surface area (Å²) >= 11 is 0. The summed E-state index contributed by atoms with van der Waals surface area (Å²) in [5.41, 5.74) is 4.05. The number of rotatable bonds is 1. The third-order valence-corrected chi connectivity index (χ3v) is 0.215. The average molecular weight is 132 g/mol. The van der Waals surface area contributed by atoms with E-state index in [4.69, 9.17) is 0 Å². The fourth-order valence-electron chi connectivity index (χ4n) is 0. The molecule has 5 heteroatoms. The van der Waals surface area contributed by atoms with Crippen LogP contribution in [0.1, 0.15) is 0 Å². The Morgan fingerprint density at radius 2 is 1.71 bits per heavy atom. The third-order valence-electron chi connectivity index (χ3n) is 0.215. The van der Waals surface area contributed by atoms with Crippen molar-refractivity contribution in [3.05, 3.63) is 0 Å². The van der Waals surface area contributed by atoms with E-state index >= 15 is 0 Å². The van der Waals surface area contributed by atoms with Crippen molar-refractivity contribution in [2.45, 2.75) is 6.43 Å². The summed E-state index contributed by atoms with van der Waals surface area (Å²) in [6, 6.07) is 0. The second-order valence-corrected chi connectivity index (χ2v) is 0.703. The van der Waals surface area contributed by atoms with E-state index in [9.17, 15) is 13.6 Å². The molecule has 0 spiro atoms. The van der Waals surface area contributed by atoms with E-state index in [1.807, 2.05) is 0 Å². The van der Waals surface area contributed by atoms with Crippen LogP contribution in [0.3, 0.4) is 0 Å². The molecule has 0 saturated heterocycles. The van der Waals surface area contributed by atoms with Gasteiger partial charge in [-0.1, -0.05) is 0 Å². The zero-order chi connectivity index (χ0) is 5.15. The molecule has 0 bridgehead atoms. The Balaban J connectivity index is 0. The van der Waals surface area contributed by atoms with Crippen molar-refractivity contribution in [3.8, 4) is 0 Å². The molecule has 0 aliphatic rings. The topological polar surface area (TPSA) is 43.1 Å². The van der Waals surface area contributed by atoms with Crippen molar-refractivity contribution in [3.63, 3.8) is 0 Å². The van der Waals surface area contributed by atoms with Crippen LogP contribution in [0.4, 0.5) is 8.78 Å². The van der Waals surface area contributed by atoms with Gasteiger partial charge in [-0.15, -0.1) is 12.4 Å². The van der Waals surface area contributed by atoms with E-state index in [0.29, 0.717) is 0 Å². The van der Waals surface area contributed by atoms with Gasteiger partial charge in [0.2, 0.25) is 0 Å². The Morgan fingerprint density at radius 1 is 1.57 bits per heavy atom. The number of hydrogen-bond acceptors (Lipinski definition) is 1. The van der Waals surface area contributed by atoms with Gasteiger partial charge >= 0.3 is 6.43 Å². The predicted molar refractivity (Wildman–Crippen MR) is 22.4 cm³/mol. The highest BCUT2D eigenvalue weighted by molar-refractivity contribution is 5.85. The van der Waals surface area contributed by atoms with E-state index in [1.165, 1.54) is 0 Å². The Hall–Kier alpha value is -0.380. The molecule has 2 N–H and O–H groups in total. The van der Waals surface area contributed by atoms with E-state index in [-0.39, 0.29) is 12.4 Å². The monoisotopic (exact) mass is 131 g/mol. The predicted octanol–water partition coefficient (Wildman–Crippen LogP) is 0.159. The van der Waals surface area contributed by atoms with Crippen LogP contribution in [0.25, 0.3) is 0 Å². The van der Waals surface area contributed by atoms with Crippen molar-refractivity contribution in [1.82, 2.24) is 0 Å². The van der Waals surface area contributed by atoms with E-state index < -0.39 is 12.3 Å². The number of halogens is 3. The molecule has 0 aromatic rings. The maximum absolute atomic E-state index is 10.7. The summed E-state index contributed by atoms with van der Waals surface area (Å²) in [5.74, 6) is -1.57. The molecule has 0 rings (SSSR count). The molecule has 0 aliphatic carbocycles. The van der Waals surface area contributed by atoms with Gasteiger partial charge in [0.05, 0.1) is 0 Å². The second-order valence-electron chi connectivity index (χ2n) is 0.703. The largest absolute Gasteiger partial charge is 0.365 e. The first-order valence-electron chi connectivity index (χ1n) is 1.22. The molecule has 0 heterocycles. The minimum absolute atomic E-state index is 0. The van der Waals surface area contributed by atoms with Crippen molar-refractivity contribution in [1.29, 1.82) is 0 Å². The lowest BCUT2D eigenvalue weighted by molar-refractivity contribution is -0.128. The third kappa shape index (κ3) is 5.62. The molecule has 0 saturated carbocycles. The molecule has 0 aromatic carbocycles. The SMILES string of the molecule is Cl.NC(=O)C(F)F. The van der Waals surface area contributed by atoms with Crippen LogP contribution in [0.15, 0.2) is 0 Å². The van der Waals surface area contributed by atoms with Crippen LogP contribution < -0.4 is 5.73 Å². The Kier molecular flexibility index (Phi) is 5.31. The lowest BCUT2D eigenvalue weighted by Gasteiger charge is -1.82. The highest BCUT2D eigenvalue weighted by Gasteiger charge is 2.07. The Labute approximate surface area is 45.1 Å². The summed E-state index contributed by atoms with van der Waals surface area (Å²) < 4.78 is 21.4. The average Bonchev–Trinajstić information content (AvgIpc) is 1.36. The number of hydrogen-bond donors (Lipinski definition) is 1. The fraction of sp³-hybridized carbons (Fsp3) is 0.500. The molecule has 44 valence electrons. The number of carbonyl (C=O) groups excluding carboxylic acids is 1. The van der Waals surface area contributed by atoms with Crippen molar-refractivity contribution >= 4 is 18.3 Å². The van der Waals surface area contributed by atoms with Gasteiger partial charge in [0.15, 0.2) is 0 Å². The van der Waals surface area contributed by atoms with Gasteiger partial charge in [-0.25, -0.2) is 0 Å². The first kappa shape index (κ1) is 9.80. The van der Waals surface area contributed by atoms with Crippen molar-refractivity contribution in [2.24, 2.45) is 5.73 Å².